The van der Waals surface area contributed by atoms with E-state index >= 15 is 0 Å². The zero-order valence-corrected chi connectivity index (χ0v) is 12.9. The lowest BCUT2D eigenvalue weighted by Gasteiger charge is -2.18. The first-order valence-electron chi connectivity index (χ1n) is 6.78. The summed E-state index contributed by atoms with van der Waals surface area (Å²) in [7, 11) is 4.42. The standard InChI is InChI=1S/C15H20F3NO3/c1-19(9-8-15(16,17)18)14(20)7-4-11-10-12(21-2)5-6-13(11)22-3/h5-6,10H,4,7-9H2,1-3H3. The van der Waals surface area contributed by atoms with Gasteiger partial charge in [0.05, 0.1) is 20.6 Å². The molecule has 0 aliphatic heterocycles. The minimum absolute atomic E-state index is 0.109. The van der Waals surface area contributed by atoms with Crippen molar-refractivity contribution in [1.29, 1.82) is 0 Å². The first-order valence-corrected chi connectivity index (χ1v) is 6.78. The summed E-state index contributed by atoms with van der Waals surface area (Å²) in [4.78, 5) is 13.0. The second-order valence-electron chi connectivity index (χ2n) is 4.86. The van der Waals surface area contributed by atoms with E-state index < -0.39 is 12.6 Å². The van der Waals surface area contributed by atoms with Crippen LogP contribution in [0, 0.1) is 0 Å². The van der Waals surface area contributed by atoms with Crippen molar-refractivity contribution >= 4 is 5.91 Å². The molecule has 0 bridgehead atoms. The molecule has 0 unspecified atom stereocenters. The Morgan fingerprint density at radius 2 is 1.91 bits per heavy atom. The Labute approximate surface area is 127 Å². The zero-order chi connectivity index (χ0) is 16.8. The predicted octanol–water partition coefficient (Wildman–Crippen LogP) is 3.05. The van der Waals surface area contributed by atoms with Gasteiger partial charge in [-0.1, -0.05) is 0 Å². The third-order valence-corrected chi connectivity index (χ3v) is 3.25. The highest BCUT2D eigenvalue weighted by molar-refractivity contribution is 5.76. The van der Waals surface area contributed by atoms with Crippen molar-refractivity contribution < 1.29 is 27.4 Å². The Morgan fingerprint density at radius 1 is 1.23 bits per heavy atom. The molecule has 0 radical (unpaired) electrons. The molecule has 0 N–H and O–H groups in total. The highest BCUT2D eigenvalue weighted by Crippen LogP contribution is 2.25. The molecule has 1 aromatic rings. The largest absolute Gasteiger partial charge is 0.497 e. The lowest BCUT2D eigenvalue weighted by atomic mass is 10.1. The minimum atomic E-state index is -4.26. The maximum atomic E-state index is 12.1. The third kappa shape index (κ3) is 5.83. The Kier molecular flexibility index (Phi) is 6.52. The lowest BCUT2D eigenvalue weighted by Crippen LogP contribution is -2.30. The lowest BCUT2D eigenvalue weighted by molar-refractivity contribution is -0.144. The molecular weight excluding hydrogens is 299 g/mol. The first kappa shape index (κ1) is 18.1. The number of rotatable bonds is 7. The number of hydrogen-bond donors (Lipinski definition) is 0. The predicted molar refractivity (Wildman–Crippen MR) is 76.2 cm³/mol. The highest BCUT2D eigenvalue weighted by atomic mass is 19.4. The van der Waals surface area contributed by atoms with Gasteiger partial charge in [0.25, 0.3) is 0 Å². The SMILES string of the molecule is COc1ccc(OC)c(CCC(=O)N(C)CCC(F)(F)F)c1. The van der Waals surface area contributed by atoms with E-state index in [1.165, 1.54) is 21.3 Å². The number of hydrogen-bond acceptors (Lipinski definition) is 3. The molecule has 0 aliphatic rings. The number of amides is 1. The average molecular weight is 319 g/mol. The third-order valence-electron chi connectivity index (χ3n) is 3.25. The van der Waals surface area contributed by atoms with Crippen LogP contribution in [-0.4, -0.2) is 44.8 Å². The molecule has 22 heavy (non-hydrogen) atoms. The van der Waals surface area contributed by atoms with Crippen LogP contribution in [0.15, 0.2) is 18.2 Å². The number of benzene rings is 1. The molecule has 0 spiro atoms. The number of ether oxygens (including phenoxy) is 2. The number of aryl methyl sites for hydroxylation is 1. The molecule has 0 heterocycles. The van der Waals surface area contributed by atoms with Gasteiger partial charge < -0.3 is 14.4 Å². The van der Waals surface area contributed by atoms with Crippen molar-refractivity contribution in [1.82, 2.24) is 4.90 Å². The molecule has 124 valence electrons. The van der Waals surface area contributed by atoms with E-state index in [-0.39, 0.29) is 18.9 Å². The molecule has 0 atom stereocenters. The molecule has 0 fully saturated rings. The number of nitrogens with zero attached hydrogens (tertiary/aromatic N) is 1. The van der Waals surface area contributed by atoms with Crippen LogP contribution in [0.2, 0.25) is 0 Å². The van der Waals surface area contributed by atoms with E-state index in [1.54, 1.807) is 18.2 Å². The van der Waals surface area contributed by atoms with Gasteiger partial charge in [-0.25, -0.2) is 0 Å². The van der Waals surface area contributed by atoms with Crippen molar-refractivity contribution in [2.24, 2.45) is 0 Å². The summed E-state index contributed by atoms with van der Waals surface area (Å²) in [5, 5.41) is 0. The summed E-state index contributed by atoms with van der Waals surface area (Å²) in [6, 6.07) is 5.22. The topological polar surface area (TPSA) is 38.8 Å². The van der Waals surface area contributed by atoms with Gasteiger partial charge >= 0.3 is 6.18 Å². The molecule has 1 rings (SSSR count). The van der Waals surface area contributed by atoms with Gasteiger partial charge in [-0.05, 0) is 30.2 Å². The monoisotopic (exact) mass is 319 g/mol. The maximum absolute atomic E-state index is 12.1. The van der Waals surface area contributed by atoms with Crippen LogP contribution in [0.25, 0.3) is 0 Å². The Balaban J connectivity index is 2.59. The Hall–Kier alpha value is -1.92. The smallest absolute Gasteiger partial charge is 0.390 e. The van der Waals surface area contributed by atoms with Gasteiger partial charge in [0.1, 0.15) is 11.5 Å². The van der Waals surface area contributed by atoms with Crippen molar-refractivity contribution in [3.8, 4) is 11.5 Å². The fourth-order valence-electron chi connectivity index (χ4n) is 1.93. The van der Waals surface area contributed by atoms with Crippen molar-refractivity contribution in [3.05, 3.63) is 23.8 Å². The molecule has 0 aliphatic carbocycles. The Morgan fingerprint density at radius 3 is 2.45 bits per heavy atom. The van der Waals surface area contributed by atoms with Crippen molar-refractivity contribution in [3.63, 3.8) is 0 Å². The molecule has 0 saturated carbocycles. The summed E-state index contributed by atoms with van der Waals surface area (Å²) in [5.74, 6) is 0.911. The summed E-state index contributed by atoms with van der Waals surface area (Å²) in [6.07, 6.45) is -4.78. The summed E-state index contributed by atoms with van der Waals surface area (Å²) < 4.78 is 46.7. The van der Waals surface area contributed by atoms with E-state index in [0.717, 1.165) is 10.5 Å². The first-order chi connectivity index (χ1) is 10.3. The van der Waals surface area contributed by atoms with Gasteiger partial charge in [0.2, 0.25) is 5.91 Å². The van der Waals surface area contributed by atoms with E-state index in [0.29, 0.717) is 17.9 Å². The van der Waals surface area contributed by atoms with Gasteiger partial charge in [-0.2, -0.15) is 13.2 Å². The van der Waals surface area contributed by atoms with Crippen molar-refractivity contribution in [2.45, 2.75) is 25.4 Å². The van der Waals surface area contributed by atoms with Crippen LogP contribution in [0.1, 0.15) is 18.4 Å². The van der Waals surface area contributed by atoms with E-state index in [2.05, 4.69) is 0 Å². The minimum Gasteiger partial charge on any atom is -0.497 e. The van der Waals surface area contributed by atoms with Crippen LogP contribution >= 0.6 is 0 Å². The maximum Gasteiger partial charge on any atom is 0.390 e. The zero-order valence-electron chi connectivity index (χ0n) is 12.9. The van der Waals surface area contributed by atoms with Crippen LogP contribution in [0.3, 0.4) is 0 Å². The molecule has 0 aromatic heterocycles. The molecule has 1 amide bonds. The number of methoxy groups -OCH3 is 2. The Bertz CT molecular complexity index is 503. The average Bonchev–Trinajstić information content (AvgIpc) is 2.48. The number of carbonyl (C=O) groups is 1. The summed E-state index contributed by atoms with van der Waals surface area (Å²) in [5.41, 5.74) is 0.777. The molecule has 4 nitrogen and oxygen atoms in total. The normalized spacial score (nSPS) is 11.2. The van der Waals surface area contributed by atoms with Crippen LogP contribution in [-0.2, 0) is 11.2 Å². The van der Waals surface area contributed by atoms with Gasteiger partial charge in [0.15, 0.2) is 0 Å². The highest BCUT2D eigenvalue weighted by Gasteiger charge is 2.28. The fraction of sp³-hybridized carbons (Fsp3) is 0.533. The summed E-state index contributed by atoms with van der Waals surface area (Å²) >= 11 is 0. The molecule has 1 aromatic carbocycles. The van der Waals surface area contributed by atoms with Crippen LogP contribution in [0.5, 0.6) is 11.5 Å². The summed E-state index contributed by atoms with van der Waals surface area (Å²) in [6.45, 7) is -0.336. The number of alkyl halides is 3. The quantitative estimate of drug-likeness (QED) is 0.775. The van der Waals surface area contributed by atoms with E-state index in [9.17, 15) is 18.0 Å². The molecule has 0 saturated heterocycles. The molecular formula is C15H20F3NO3. The second kappa shape index (κ2) is 7.91. The van der Waals surface area contributed by atoms with Gasteiger partial charge in [-0.3, -0.25) is 4.79 Å². The van der Waals surface area contributed by atoms with E-state index in [1.807, 2.05) is 0 Å². The van der Waals surface area contributed by atoms with Gasteiger partial charge in [0, 0.05) is 20.0 Å². The number of halogens is 3. The molecule has 7 heteroatoms. The second-order valence-corrected chi connectivity index (χ2v) is 4.86. The van der Waals surface area contributed by atoms with Gasteiger partial charge in [-0.15, -0.1) is 0 Å². The van der Waals surface area contributed by atoms with Crippen LogP contribution in [0.4, 0.5) is 13.2 Å². The number of carbonyl (C=O) groups excluding carboxylic acids is 1. The van der Waals surface area contributed by atoms with Crippen LogP contribution < -0.4 is 9.47 Å². The fourth-order valence-corrected chi connectivity index (χ4v) is 1.93. The van der Waals surface area contributed by atoms with E-state index in [4.69, 9.17) is 9.47 Å². The van der Waals surface area contributed by atoms with Crippen molar-refractivity contribution in [2.75, 3.05) is 27.8 Å².